The first-order valence-electron chi connectivity index (χ1n) is 6.84. The van der Waals surface area contributed by atoms with Crippen molar-refractivity contribution in [1.82, 2.24) is 10.2 Å². The number of hydrogen-bond acceptors (Lipinski definition) is 3. The SMILES string of the molecule is CNCCC1CCN(C(C)c2ccc(Cl)s2)CC1. The van der Waals surface area contributed by atoms with Crippen LogP contribution >= 0.6 is 22.9 Å². The summed E-state index contributed by atoms with van der Waals surface area (Å²) in [6, 6.07) is 4.70. The van der Waals surface area contributed by atoms with Gasteiger partial charge >= 0.3 is 0 Å². The minimum Gasteiger partial charge on any atom is -0.320 e. The Kier molecular flexibility index (Phi) is 5.49. The van der Waals surface area contributed by atoms with Crippen molar-refractivity contribution < 1.29 is 0 Å². The monoisotopic (exact) mass is 286 g/mol. The maximum atomic E-state index is 6.02. The Labute approximate surface area is 119 Å². The van der Waals surface area contributed by atoms with Crippen LogP contribution in [0.5, 0.6) is 0 Å². The molecule has 1 aliphatic rings. The van der Waals surface area contributed by atoms with Crippen LogP contribution in [0, 0.1) is 5.92 Å². The molecule has 1 fully saturated rings. The average molecular weight is 287 g/mol. The fourth-order valence-electron chi connectivity index (χ4n) is 2.71. The van der Waals surface area contributed by atoms with E-state index in [9.17, 15) is 0 Å². The van der Waals surface area contributed by atoms with E-state index in [1.165, 1.54) is 37.2 Å². The maximum Gasteiger partial charge on any atom is 0.0931 e. The molecule has 1 aromatic heterocycles. The number of piperidine rings is 1. The van der Waals surface area contributed by atoms with Gasteiger partial charge in [0.15, 0.2) is 0 Å². The van der Waals surface area contributed by atoms with Gasteiger partial charge in [0.25, 0.3) is 0 Å². The smallest absolute Gasteiger partial charge is 0.0931 e. The molecule has 1 unspecified atom stereocenters. The fraction of sp³-hybridized carbons (Fsp3) is 0.714. The Morgan fingerprint density at radius 2 is 2.17 bits per heavy atom. The van der Waals surface area contributed by atoms with Gasteiger partial charge in [-0.05, 0) is 70.9 Å². The number of nitrogens with one attached hydrogen (secondary N) is 1. The van der Waals surface area contributed by atoms with Crippen molar-refractivity contribution in [3.05, 3.63) is 21.3 Å². The van der Waals surface area contributed by atoms with Gasteiger partial charge in [-0.1, -0.05) is 11.6 Å². The van der Waals surface area contributed by atoms with E-state index in [4.69, 9.17) is 11.6 Å². The van der Waals surface area contributed by atoms with Crippen molar-refractivity contribution in [2.75, 3.05) is 26.7 Å². The summed E-state index contributed by atoms with van der Waals surface area (Å²) in [5.74, 6) is 0.910. The van der Waals surface area contributed by atoms with Gasteiger partial charge in [-0.25, -0.2) is 0 Å². The second-order valence-electron chi connectivity index (χ2n) is 5.19. The van der Waals surface area contributed by atoms with Crippen molar-refractivity contribution in [3.63, 3.8) is 0 Å². The Bertz CT molecular complexity index is 358. The molecule has 18 heavy (non-hydrogen) atoms. The Morgan fingerprint density at radius 3 is 2.72 bits per heavy atom. The number of hydrogen-bond donors (Lipinski definition) is 1. The molecule has 0 bridgehead atoms. The van der Waals surface area contributed by atoms with Crippen LogP contribution in [0.2, 0.25) is 4.34 Å². The van der Waals surface area contributed by atoms with Gasteiger partial charge in [0.1, 0.15) is 0 Å². The second kappa shape index (κ2) is 6.90. The molecule has 2 rings (SSSR count). The summed E-state index contributed by atoms with van der Waals surface area (Å²) in [4.78, 5) is 3.99. The zero-order valence-corrected chi connectivity index (χ0v) is 12.9. The molecule has 0 aromatic carbocycles. The van der Waals surface area contributed by atoms with Crippen LogP contribution in [-0.2, 0) is 0 Å². The molecular formula is C14H23ClN2S. The van der Waals surface area contributed by atoms with E-state index in [0.29, 0.717) is 6.04 Å². The lowest BCUT2D eigenvalue weighted by atomic mass is 9.92. The summed E-state index contributed by atoms with van der Waals surface area (Å²) < 4.78 is 0.903. The third-order valence-corrected chi connectivity index (χ3v) is 5.41. The van der Waals surface area contributed by atoms with Crippen molar-refractivity contribution in [3.8, 4) is 0 Å². The van der Waals surface area contributed by atoms with Crippen LogP contribution < -0.4 is 5.32 Å². The van der Waals surface area contributed by atoms with Gasteiger partial charge < -0.3 is 5.32 Å². The predicted octanol–water partition coefficient (Wildman–Crippen LogP) is 3.78. The molecule has 0 saturated carbocycles. The van der Waals surface area contributed by atoms with E-state index in [1.54, 1.807) is 11.3 Å². The molecular weight excluding hydrogens is 264 g/mol. The van der Waals surface area contributed by atoms with Gasteiger partial charge in [-0.3, -0.25) is 4.90 Å². The molecule has 0 spiro atoms. The van der Waals surface area contributed by atoms with Crippen LogP contribution in [0.25, 0.3) is 0 Å². The molecule has 1 aromatic rings. The summed E-state index contributed by atoms with van der Waals surface area (Å²) in [7, 11) is 2.04. The van der Waals surface area contributed by atoms with E-state index in [1.807, 2.05) is 13.1 Å². The Morgan fingerprint density at radius 1 is 1.44 bits per heavy atom. The molecule has 4 heteroatoms. The van der Waals surface area contributed by atoms with Gasteiger partial charge in [0.2, 0.25) is 0 Å². The molecule has 1 aliphatic heterocycles. The highest BCUT2D eigenvalue weighted by atomic mass is 35.5. The maximum absolute atomic E-state index is 6.02. The second-order valence-corrected chi connectivity index (χ2v) is 6.94. The van der Waals surface area contributed by atoms with Gasteiger partial charge in [0, 0.05) is 10.9 Å². The third-order valence-electron chi connectivity index (χ3n) is 4.01. The summed E-state index contributed by atoms with van der Waals surface area (Å²) in [5.41, 5.74) is 0. The highest BCUT2D eigenvalue weighted by Crippen LogP contribution is 2.33. The predicted molar refractivity (Wildman–Crippen MR) is 80.6 cm³/mol. The van der Waals surface area contributed by atoms with Crippen LogP contribution in [0.4, 0.5) is 0 Å². The summed E-state index contributed by atoms with van der Waals surface area (Å²) in [5, 5.41) is 3.25. The van der Waals surface area contributed by atoms with Crippen LogP contribution in [-0.4, -0.2) is 31.6 Å². The zero-order valence-electron chi connectivity index (χ0n) is 11.3. The lowest BCUT2D eigenvalue weighted by Crippen LogP contribution is -2.36. The fourth-order valence-corrected chi connectivity index (χ4v) is 3.86. The third kappa shape index (κ3) is 3.70. The van der Waals surface area contributed by atoms with Gasteiger partial charge in [-0.15, -0.1) is 11.3 Å². The lowest BCUT2D eigenvalue weighted by Gasteiger charge is -2.35. The largest absolute Gasteiger partial charge is 0.320 e. The summed E-state index contributed by atoms with van der Waals surface area (Å²) >= 11 is 7.73. The van der Waals surface area contributed by atoms with E-state index in [2.05, 4.69) is 23.2 Å². The van der Waals surface area contributed by atoms with E-state index in [0.717, 1.165) is 16.8 Å². The van der Waals surface area contributed by atoms with Crippen molar-refractivity contribution in [1.29, 1.82) is 0 Å². The van der Waals surface area contributed by atoms with Crippen molar-refractivity contribution in [2.24, 2.45) is 5.92 Å². The highest BCUT2D eigenvalue weighted by Gasteiger charge is 2.23. The molecule has 1 saturated heterocycles. The molecule has 1 N–H and O–H groups in total. The first-order valence-corrected chi connectivity index (χ1v) is 8.04. The quantitative estimate of drug-likeness (QED) is 0.886. The highest BCUT2D eigenvalue weighted by molar-refractivity contribution is 7.16. The first-order chi connectivity index (χ1) is 8.70. The Hall–Kier alpha value is -0.0900. The van der Waals surface area contributed by atoms with E-state index < -0.39 is 0 Å². The van der Waals surface area contributed by atoms with Crippen LogP contribution in [0.15, 0.2) is 12.1 Å². The molecule has 2 nitrogen and oxygen atoms in total. The van der Waals surface area contributed by atoms with Crippen molar-refractivity contribution in [2.45, 2.75) is 32.2 Å². The number of halogens is 1. The topological polar surface area (TPSA) is 15.3 Å². The molecule has 0 amide bonds. The average Bonchev–Trinajstić information content (AvgIpc) is 2.83. The summed E-state index contributed by atoms with van der Waals surface area (Å²) in [6.45, 7) is 5.91. The molecule has 0 aliphatic carbocycles. The molecule has 1 atom stereocenters. The van der Waals surface area contributed by atoms with Gasteiger partial charge in [-0.2, -0.15) is 0 Å². The number of nitrogens with zero attached hydrogens (tertiary/aromatic N) is 1. The molecule has 2 heterocycles. The first kappa shape index (κ1) is 14.3. The molecule has 102 valence electrons. The van der Waals surface area contributed by atoms with Crippen molar-refractivity contribution >= 4 is 22.9 Å². The number of likely N-dealkylation sites (tertiary alicyclic amines) is 1. The Balaban J connectivity index is 1.82. The number of thiophene rings is 1. The molecule has 0 radical (unpaired) electrons. The minimum atomic E-state index is 0.521. The normalized spacial score (nSPS) is 20.2. The number of rotatable bonds is 5. The standard InChI is InChI=1S/C14H23ClN2S/c1-11(13-3-4-14(15)18-13)17-9-6-12(7-10-17)5-8-16-2/h3-4,11-12,16H,5-10H2,1-2H3. The lowest BCUT2D eigenvalue weighted by molar-refractivity contribution is 0.139. The minimum absolute atomic E-state index is 0.521. The van der Waals surface area contributed by atoms with Crippen LogP contribution in [0.1, 0.15) is 37.1 Å². The summed E-state index contributed by atoms with van der Waals surface area (Å²) in [6.07, 6.45) is 4.00. The van der Waals surface area contributed by atoms with E-state index >= 15 is 0 Å². The zero-order chi connectivity index (χ0) is 13.0. The van der Waals surface area contributed by atoms with E-state index in [-0.39, 0.29) is 0 Å². The van der Waals surface area contributed by atoms with Gasteiger partial charge in [0.05, 0.1) is 4.34 Å². The van der Waals surface area contributed by atoms with Crippen LogP contribution in [0.3, 0.4) is 0 Å².